The minimum absolute atomic E-state index is 0.197. The van der Waals surface area contributed by atoms with Gasteiger partial charge in [0.15, 0.2) is 0 Å². The van der Waals surface area contributed by atoms with E-state index in [1.54, 1.807) is 25.3 Å². The molecule has 0 aliphatic rings. The lowest BCUT2D eigenvalue weighted by Gasteiger charge is -2.07. The van der Waals surface area contributed by atoms with Crippen molar-refractivity contribution in [3.8, 4) is 0 Å². The zero-order valence-electron chi connectivity index (χ0n) is 9.74. The molecule has 0 aliphatic carbocycles. The molecule has 1 aromatic rings. The standard InChI is InChI=1S/C9H11N3O2.C2H6/c1-6(10)7-3-2-4-11-9(7)12-5-8(13)14;1-2/h2-4,10H,5H2,1H3,(H,11,12)(H,13,14);1-2H3. The summed E-state index contributed by atoms with van der Waals surface area (Å²) in [6.45, 7) is 5.43. The number of pyridine rings is 1. The molecule has 0 atom stereocenters. The van der Waals surface area contributed by atoms with Gasteiger partial charge >= 0.3 is 5.97 Å². The lowest BCUT2D eigenvalue weighted by molar-refractivity contribution is -0.134. The molecule has 0 aliphatic heterocycles. The number of carbonyl (C=O) groups is 1. The highest BCUT2D eigenvalue weighted by atomic mass is 16.4. The molecule has 1 aromatic heterocycles. The molecule has 5 nitrogen and oxygen atoms in total. The average Bonchev–Trinajstić information content (AvgIpc) is 2.29. The molecule has 0 saturated carbocycles. The van der Waals surface area contributed by atoms with Crippen LogP contribution in [0.15, 0.2) is 18.3 Å². The monoisotopic (exact) mass is 223 g/mol. The summed E-state index contributed by atoms with van der Waals surface area (Å²) in [7, 11) is 0. The summed E-state index contributed by atoms with van der Waals surface area (Å²) in [5, 5.41) is 18.5. The highest BCUT2D eigenvalue weighted by molar-refractivity contribution is 6.00. The number of aromatic nitrogens is 1. The van der Waals surface area contributed by atoms with Gasteiger partial charge in [0, 0.05) is 17.5 Å². The van der Waals surface area contributed by atoms with Crippen LogP contribution in [0.5, 0.6) is 0 Å². The molecular weight excluding hydrogens is 206 g/mol. The van der Waals surface area contributed by atoms with Gasteiger partial charge in [-0.05, 0) is 19.1 Å². The number of rotatable bonds is 4. The molecule has 5 heteroatoms. The molecule has 0 radical (unpaired) electrons. The number of nitrogens with one attached hydrogen (secondary N) is 2. The van der Waals surface area contributed by atoms with E-state index in [0.717, 1.165) is 0 Å². The highest BCUT2D eigenvalue weighted by Gasteiger charge is 2.05. The van der Waals surface area contributed by atoms with Crippen molar-refractivity contribution in [2.24, 2.45) is 0 Å². The number of hydrogen-bond acceptors (Lipinski definition) is 4. The molecule has 0 aromatic carbocycles. The van der Waals surface area contributed by atoms with Crippen molar-refractivity contribution < 1.29 is 9.90 Å². The van der Waals surface area contributed by atoms with Crippen LogP contribution in [0.3, 0.4) is 0 Å². The van der Waals surface area contributed by atoms with Crippen molar-refractivity contribution in [2.75, 3.05) is 11.9 Å². The number of nitrogens with zero attached hydrogens (tertiary/aromatic N) is 1. The molecule has 16 heavy (non-hydrogen) atoms. The third kappa shape index (κ3) is 4.54. The van der Waals surface area contributed by atoms with Crippen LogP contribution in [0, 0.1) is 5.41 Å². The van der Waals surface area contributed by atoms with Crippen molar-refractivity contribution in [3.05, 3.63) is 23.9 Å². The van der Waals surface area contributed by atoms with E-state index < -0.39 is 5.97 Å². The van der Waals surface area contributed by atoms with Gasteiger partial charge in [0.25, 0.3) is 0 Å². The lowest BCUT2D eigenvalue weighted by atomic mass is 10.2. The van der Waals surface area contributed by atoms with Crippen LogP contribution in [0.25, 0.3) is 0 Å². The molecular formula is C11H17N3O2. The summed E-state index contributed by atoms with van der Waals surface area (Å²) in [4.78, 5) is 14.3. The van der Waals surface area contributed by atoms with Gasteiger partial charge < -0.3 is 15.8 Å². The summed E-state index contributed by atoms with van der Waals surface area (Å²) in [6, 6.07) is 3.43. The molecule has 0 saturated heterocycles. The Morgan fingerprint density at radius 3 is 2.69 bits per heavy atom. The van der Waals surface area contributed by atoms with Gasteiger partial charge in [-0.15, -0.1) is 0 Å². The van der Waals surface area contributed by atoms with E-state index in [2.05, 4.69) is 10.3 Å². The van der Waals surface area contributed by atoms with Crippen molar-refractivity contribution >= 4 is 17.5 Å². The summed E-state index contributed by atoms with van der Waals surface area (Å²) >= 11 is 0. The Bertz CT molecular complexity index is 364. The van der Waals surface area contributed by atoms with Crippen LogP contribution in [-0.4, -0.2) is 28.3 Å². The second-order valence-corrected chi connectivity index (χ2v) is 2.77. The molecule has 0 fully saturated rings. The van der Waals surface area contributed by atoms with E-state index in [-0.39, 0.29) is 6.54 Å². The Balaban J connectivity index is 0.00000106. The van der Waals surface area contributed by atoms with Crippen molar-refractivity contribution in [3.63, 3.8) is 0 Å². The second kappa shape index (κ2) is 7.39. The SMILES string of the molecule is CC.CC(=N)c1cccnc1NCC(=O)O. The number of carboxylic acid groups (broad SMARTS) is 1. The number of hydrogen-bond donors (Lipinski definition) is 3. The summed E-state index contributed by atoms with van der Waals surface area (Å²) in [6.07, 6.45) is 1.55. The predicted molar refractivity (Wildman–Crippen MR) is 64.2 cm³/mol. The molecule has 1 heterocycles. The zero-order valence-corrected chi connectivity index (χ0v) is 9.74. The van der Waals surface area contributed by atoms with E-state index in [9.17, 15) is 4.79 Å². The fraction of sp³-hybridized carbons (Fsp3) is 0.364. The molecule has 0 amide bonds. The van der Waals surface area contributed by atoms with Gasteiger partial charge in [-0.3, -0.25) is 4.79 Å². The minimum Gasteiger partial charge on any atom is -0.480 e. The first-order chi connectivity index (χ1) is 7.61. The first-order valence-corrected chi connectivity index (χ1v) is 5.07. The summed E-state index contributed by atoms with van der Waals surface area (Å²) < 4.78 is 0. The smallest absolute Gasteiger partial charge is 0.322 e. The van der Waals surface area contributed by atoms with Crippen LogP contribution in [-0.2, 0) is 4.79 Å². The van der Waals surface area contributed by atoms with Gasteiger partial charge in [-0.25, -0.2) is 4.98 Å². The number of carboxylic acids is 1. The van der Waals surface area contributed by atoms with E-state index in [1.807, 2.05) is 13.8 Å². The maximum atomic E-state index is 10.3. The second-order valence-electron chi connectivity index (χ2n) is 2.77. The highest BCUT2D eigenvalue weighted by Crippen LogP contribution is 2.11. The van der Waals surface area contributed by atoms with Crippen molar-refractivity contribution in [2.45, 2.75) is 20.8 Å². The maximum absolute atomic E-state index is 10.3. The Morgan fingerprint density at radius 2 is 2.19 bits per heavy atom. The number of anilines is 1. The predicted octanol–water partition coefficient (Wildman–Crippen LogP) is 1.99. The topological polar surface area (TPSA) is 86.1 Å². The average molecular weight is 223 g/mol. The quantitative estimate of drug-likeness (QED) is 0.681. The third-order valence-electron chi connectivity index (χ3n) is 1.62. The Morgan fingerprint density at radius 1 is 1.56 bits per heavy atom. The lowest BCUT2D eigenvalue weighted by Crippen LogP contribution is -2.15. The maximum Gasteiger partial charge on any atom is 0.322 e. The summed E-state index contributed by atoms with van der Waals surface area (Å²) in [5.41, 5.74) is 0.972. The van der Waals surface area contributed by atoms with Crippen LogP contribution in [0.2, 0.25) is 0 Å². The first kappa shape index (κ1) is 14.1. The van der Waals surface area contributed by atoms with Gasteiger partial charge in [0.1, 0.15) is 12.4 Å². The largest absolute Gasteiger partial charge is 0.480 e. The Labute approximate surface area is 95.0 Å². The van der Waals surface area contributed by atoms with Gasteiger partial charge in [-0.1, -0.05) is 13.8 Å². The normalized spacial score (nSPS) is 8.69. The zero-order chi connectivity index (χ0) is 12.6. The number of aliphatic carboxylic acids is 1. The van der Waals surface area contributed by atoms with Crippen molar-refractivity contribution in [1.82, 2.24) is 4.98 Å². The Hall–Kier alpha value is -1.91. The molecule has 3 N–H and O–H groups in total. The van der Waals surface area contributed by atoms with Crippen LogP contribution in [0.4, 0.5) is 5.82 Å². The molecule has 0 spiro atoms. The van der Waals surface area contributed by atoms with E-state index in [1.165, 1.54) is 0 Å². The van der Waals surface area contributed by atoms with Crippen molar-refractivity contribution in [1.29, 1.82) is 5.41 Å². The third-order valence-corrected chi connectivity index (χ3v) is 1.62. The van der Waals surface area contributed by atoms with E-state index in [0.29, 0.717) is 17.1 Å². The Kier molecular flexibility index (Phi) is 6.51. The van der Waals surface area contributed by atoms with Gasteiger partial charge in [0.05, 0.1) is 0 Å². The van der Waals surface area contributed by atoms with Gasteiger partial charge in [-0.2, -0.15) is 0 Å². The van der Waals surface area contributed by atoms with E-state index >= 15 is 0 Å². The van der Waals surface area contributed by atoms with E-state index in [4.69, 9.17) is 10.5 Å². The first-order valence-electron chi connectivity index (χ1n) is 5.07. The summed E-state index contributed by atoms with van der Waals surface area (Å²) in [5.74, 6) is -0.522. The van der Waals surface area contributed by atoms with Gasteiger partial charge in [0.2, 0.25) is 0 Å². The fourth-order valence-corrected chi connectivity index (χ4v) is 1.01. The molecule has 88 valence electrons. The molecule has 0 unspecified atom stereocenters. The van der Waals surface area contributed by atoms with Crippen LogP contribution in [0.1, 0.15) is 26.3 Å². The molecule has 1 rings (SSSR count). The minimum atomic E-state index is -0.954. The molecule has 0 bridgehead atoms. The van der Waals surface area contributed by atoms with Crippen LogP contribution < -0.4 is 5.32 Å². The van der Waals surface area contributed by atoms with Crippen LogP contribution >= 0.6 is 0 Å². The fourth-order valence-electron chi connectivity index (χ4n) is 1.01.